The molecule has 0 bridgehead atoms. The lowest BCUT2D eigenvalue weighted by molar-refractivity contribution is 0.0952. The highest BCUT2D eigenvalue weighted by atomic mass is 16.5. The summed E-state index contributed by atoms with van der Waals surface area (Å²) in [6, 6.07) is 20.3. The van der Waals surface area contributed by atoms with Crippen molar-refractivity contribution < 1.29 is 19.0 Å². The quantitative estimate of drug-likeness (QED) is 0.257. The third kappa shape index (κ3) is 6.23. The fourth-order valence-corrected chi connectivity index (χ4v) is 4.47. The first-order chi connectivity index (χ1) is 18.0. The highest BCUT2D eigenvalue weighted by molar-refractivity contribution is 5.95. The van der Waals surface area contributed by atoms with Crippen molar-refractivity contribution in [1.29, 1.82) is 0 Å². The van der Waals surface area contributed by atoms with Gasteiger partial charge < -0.3 is 24.1 Å². The molecule has 0 saturated heterocycles. The van der Waals surface area contributed by atoms with Gasteiger partial charge in [-0.3, -0.25) is 4.79 Å². The molecule has 7 nitrogen and oxygen atoms in total. The van der Waals surface area contributed by atoms with Crippen LogP contribution in [0.25, 0.3) is 11.0 Å². The summed E-state index contributed by atoms with van der Waals surface area (Å²) in [4.78, 5) is 17.6. The van der Waals surface area contributed by atoms with Gasteiger partial charge in [-0.1, -0.05) is 48.4 Å². The minimum absolute atomic E-state index is 0.167. The first-order valence-corrected chi connectivity index (χ1v) is 12.6. The van der Waals surface area contributed by atoms with E-state index in [4.69, 9.17) is 19.2 Å². The van der Waals surface area contributed by atoms with Crippen molar-refractivity contribution in [2.24, 2.45) is 0 Å². The van der Waals surface area contributed by atoms with Crippen LogP contribution in [0.15, 0.2) is 60.7 Å². The Kier molecular flexibility index (Phi) is 8.67. The van der Waals surface area contributed by atoms with Gasteiger partial charge in [0.05, 0.1) is 32.4 Å². The molecular weight excluding hydrogens is 466 g/mol. The number of hydrogen-bond acceptors (Lipinski definition) is 5. The molecule has 194 valence electrons. The number of amides is 1. The molecule has 4 aromatic rings. The Morgan fingerprint density at radius 1 is 0.892 bits per heavy atom. The zero-order valence-electron chi connectivity index (χ0n) is 22.0. The Morgan fingerprint density at radius 3 is 2.27 bits per heavy atom. The smallest absolute Gasteiger partial charge is 0.251 e. The highest BCUT2D eigenvalue weighted by Gasteiger charge is 2.17. The fourth-order valence-electron chi connectivity index (χ4n) is 4.47. The topological polar surface area (TPSA) is 74.6 Å². The van der Waals surface area contributed by atoms with Crippen LogP contribution in [-0.2, 0) is 13.0 Å². The molecule has 0 unspecified atom stereocenters. The molecule has 1 N–H and O–H groups in total. The van der Waals surface area contributed by atoms with Crippen molar-refractivity contribution in [2.75, 3.05) is 27.9 Å². The van der Waals surface area contributed by atoms with Gasteiger partial charge in [0.25, 0.3) is 5.91 Å². The predicted octanol–water partition coefficient (Wildman–Crippen LogP) is 5.56. The van der Waals surface area contributed by atoms with E-state index in [1.807, 2.05) is 6.07 Å². The third-order valence-electron chi connectivity index (χ3n) is 6.48. The second kappa shape index (κ2) is 12.3. The predicted molar refractivity (Wildman–Crippen MR) is 146 cm³/mol. The van der Waals surface area contributed by atoms with E-state index < -0.39 is 0 Å². The number of ether oxygens (including phenoxy) is 3. The maximum absolute atomic E-state index is 12.7. The van der Waals surface area contributed by atoms with Crippen LogP contribution < -0.4 is 19.5 Å². The van der Waals surface area contributed by atoms with Crippen LogP contribution in [0, 0.1) is 6.92 Å². The van der Waals surface area contributed by atoms with Crippen molar-refractivity contribution in [3.63, 3.8) is 0 Å². The van der Waals surface area contributed by atoms with Crippen LogP contribution >= 0.6 is 0 Å². The number of para-hydroxylation sites is 2. The summed E-state index contributed by atoms with van der Waals surface area (Å²) in [6.45, 7) is 3.51. The number of fused-ring (bicyclic) bond motifs is 1. The van der Waals surface area contributed by atoms with Gasteiger partial charge in [-0.05, 0) is 49.6 Å². The molecule has 3 aromatic carbocycles. The largest absolute Gasteiger partial charge is 0.493 e. The molecule has 0 radical (unpaired) electrons. The Hall–Kier alpha value is -4.00. The van der Waals surface area contributed by atoms with Gasteiger partial charge in [-0.2, -0.15) is 0 Å². The molecule has 0 fully saturated rings. The minimum Gasteiger partial charge on any atom is -0.493 e. The van der Waals surface area contributed by atoms with E-state index in [0.717, 1.165) is 49.1 Å². The molecule has 1 aromatic heterocycles. The lowest BCUT2D eigenvalue weighted by atomic mass is 10.1. The van der Waals surface area contributed by atoms with Crippen molar-refractivity contribution in [1.82, 2.24) is 14.9 Å². The van der Waals surface area contributed by atoms with Gasteiger partial charge >= 0.3 is 0 Å². The van der Waals surface area contributed by atoms with E-state index in [0.29, 0.717) is 29.4 Å². The summed E-state index contributed by atoms with van der Waals surface area (Å²) in [5, 5.41) is 3.00. The van der Waals surface area contributed by atoms with Crippen LogP contribution in [0.5, 0.6) is 17.2 Å². The molecule has 0 aliphatic heterocycles. The molecule has 0 spiro atoms. The summed E-state index contributed by atoms with van der Waals surface area (Å²) >= 11 is 0. The Bertz CT molecular complexity index is 1320. The number of imidazole rings is 1. The molecule has 0 aliphatic carbocycles. The van der Waals surface area contributed by atoms with Crippen molar-refractivity contribution in [3.05, 3.63) is 83.2 Å². The molecule has 1 amide bonds. The van der Waals surface area contributed by atoms with E-state index in [2.05, 4.69) is 59.3 Å². The lowest BCUT2D eigenvalue weighted by Gasteiger charge is -2.14. The van der Waals surface area contributed by atoms with Crippen LogP contribution in [-0.4, -0.2) is 43.3 Å². The number of aryl methyl sites for hydroxylation is 2. The highest BCUT2D eigenvalue weighted by Crippen LogP contribution is 2.38. The number of hydrogen-bond donors (Lipinski definition) is 1. The Morgan fingerprint density at radius 2 is 1.59 bits per heavy atom. The Labute approximate surface area is 218 Å². The molecule has 7 heteroatoms. The van der Waals surface area contributed by atoms with Gasteiger partial charge in [0.15, 0.2) is 11.5 Å². The summed E-state index contributed by atoms with van der Waals surface area (Å²) in [7, 11) is 4.61. The number of unbranched alkanes of at least 4 members (excludes halogenated alkanes) is 2. The average molecular weight is 502 g/mol. The SMILES string of the molecule is COc1cc(C(=O)NCCCCCc2nc3ccccc3n2Cc2ccc(C)cc2)cc(OC)c1OC. The maximum Gasteiger partial charge on any atom is 0.251 e. The number of carbonyl (C=O) groups excluding carboxylic acids is 1. The number of rotatable bonds is 12. The van der Waals surface area contributed by atoms with Gasteiger partial charge in [0.1, 0.15) is 5.82 Å². The van der Waals surface area contributed by atoms with E-state index >= 15 is 0 Å². The summed E-state index contributed by atoms with van der Waals surface area (Å²) in [5.41, 5.74) is 5.19. The van der Waals surface area contributed by atoms with Crippen LogP contribution in [0.4, 0.5) is 0 Å². The van der Waals surface area contributed by atoms with Gasteiger partial charge in [0.2, 0.25) is 5.75 Å². The van der Waals surface area contributed by atoms with Crippen LogP contribution in [0.2, 0.25) is 0 Å². The number of aromatic nitrogens is 2. The standard InChI is InChI=1S/C30H35N3O4/c1-21-13-15-22(16-14-21)20-33-25-11-8-7-10-24(25)32-28(33)12-6-5-9-17-31-30(34)23-18-26(35-2)29(37-4)27(19-23)36-3/h7-8,10-11,13-16,18-19H,5-6,9,12,17,20H2,1-4H3,(H,31,34). The average Bonchev–Trinajstić information content (AvgIpc) is 3.27. The second-order valence-electron chi connectivity index (χ2n) is 9.07. The summed E-state index contributed by atoms with van der Waals surface area (Å²) < 4.78 is 18.4. The van der Waals surface area contributed by atoms with Gasteiger partial charge in [0, 0.05) is 25.1 Å². The number of methoxy groups -OCH3 is 3. The molecule has 0 atom stereocenters. The first-order valence-electron chi connectivity index (χ1n) is 12.6. The monoisotopic (exact) mass is 501 g/mol. The van der Waals surface area contributed by atoms with E-state index in [1.165, 1.54) is 32.5 Å². The van der Waals surface area contributed by atoms with Crippen molar-refractivity contribution in [2.45, 2.75) is 39.2 Å². The second-order valence-corrected chi connectivity index (χ2v) is 9.07. The Balaban J connectivity index is 1.32. The number of nitrogens with zero attached hydrogens (tertiary/aromatic N) is 2. The van der Waals surface area contributed by atoms with E-state index in [-0.39, 0.29) is 5.91 Å². The first kappa shape index (κ1) is 26.1. The van der Waals surface area contributed by atoms with Gasteiger partial charge in [-0.15, -0.1) is 0 Å². The zero-order chi connectivity index (χ0) is 26.2. The zero-order valence-corrected chi connectivity index (χ0v) is 22.0. The minimum atomic E-state index is -0.167. The molecule has 0 saturated carbocycles. The van der Waals surface area contributed by atoms with E-state index in [9.17, 15) is 4.79 Å². The fraction of sp³-hybridized carbons (Fsp3) is 0.333. The van der Waals surface area contributed by atoms with Crippen LogP contribution in [0.1, 0.15) is 46.6 Å². The molecule has 0 aliphatic rings. The number of benzene rings is 3. The third-order valence-corrected chi connectivity index (χ3v) is 6.48. The molecule has 37 heavy (non-hydrogen) atoms. The summed E-state index contributed by atoms with van der Waals surface area (Å²) in [5.74, 6) is 2.32. The number of nitrogens with one attached hydrogen (secondary N) is 1. The maximum atomic E-state index is 12.7. The summed E-state index contributed by atoms with van der Waals surface area (Å²) in [6.07, 6.45) is 3.76. The molecular formula is C30H35N3O4. The lowest BCUT2D eigenvalue weighted by Crippen LogP contribution is -2.24. The van der Waals surface area contributed by atoms with E-state index in [1.54, 1.807) is 12.1 Å². The number of carbonyl (C=O) groups is 1. The normalized spacial score (nSPS) is 10.9. The van der Waals surface area contributed by atoms with Crippen LogP contribution in [0.3, 0.4) is 0 Å². The molecule has 1 heterocycles. The van der Waals surface area contributed by atoms with Crippen molar-refractivity contribution >= 4 is 16.9 Å². The van der Waals surface area contributed by atoms with Gasteiger partial charge in [-0.25, -0.2) is 4.98 Å². The molecule has 4 rings (SSSR count). The van der Waals surface area contributed by atoms with Crippen molar-refractivity contribution in [3.8, 4) is 17.2 Å².